The van der Waals surface area contributed by atoms with E-state index in [0.717, 1.165) is 19.6 Å². The highest BCUT2D eigenvalue weighted by atomic mass is 35.5. The molecule has 1 saturated heterocycles. The van der Waals surface area contributed by atoms with Gasteiger partial charge in [0.15, 0.2) is 0 Å². The lowest BCUT2D eigenvalue weighted by Crippen LogP contribution is -2.50. The van der Waals surface area contributed by atoms with Gasteiger partial charge in [-0.2, -0.15) is 0 Å². The van der Waals surface area contributed by atoms with Gasteiger partial charge in [-0.1, -0.05) is 11.6 Å². The average molecular weight is 284 g/mol. The molecule has 1 atom stereocenters. The summed E-state index contributed by atoms with van der Waals surface area (Å²) in [6.07, 6.45) is 0. The van der Waals surface area contributed by atoms with Crippen molar-refractivity contribution in [2.45, 2.75) is 13.0 Å². The van der Waals surface area contributed by atoms with Gasteiger partial charge in [-0.3, -0.25) is 0 Å². The van der Waals surface area contributed by atoms with Crippen LogP contribution >= 0.6 is 11.6 Å². The number of aromatic carboxylic acids is 1. The Morgan fingerprint density at radius 1 is 1.47 bits per heavy atom. The molecule has 1 aliphatic rings. The number of halogens is 1. The van der Waals surface area contributed by atoms with Gasteiger partial charge in [0.1, 0.15) is 0 Å². The van der Waals surface area contributed by atoms with Crippen molar-refractivity contribution in [1.29, 1.82) is 0 Å². The third-order valence-electron chi connectivity index (χ3n) is 3.59. The summed E-state index contributed by atoms with van der Waals surface area (Å²) in [5, 5.41) is 9.71. The molecule has 6 heteroatoms. The number of hydrogen-bond donors (Lipinski definition) is 2. The van der Waals surface area contributed by atoms with E-state index in [0.29, 0.717) is 22.4 Å². The molecule has 5 nitrogen and oxygen atoms in total. The molecular formula is C13H18ClN3O2. The molecule has 104 valence electrons. The van der Waals surface area contributed by atoms with E-state index in [4.69, 9.17) is 17.3 Å². The molecule has 0 aromatic heterocycles. The fraction of sp³-hybridized carbons (Fsp3) is 0.462. The Balaban J connectivity index is 2.41. The molecule has 1 aromatic carbocycles. The van der Waals surface area contributed by atoms with Crippen LogP contribution in [0.2, 0.25) is 5.02 Å². The maximum absolute atomic E-state index is 11.4. The van der Waals surface area contributed by atoms with Crippen molar-refractivity contribution in [2.24, 2.45) is 0 Å². The zero-order valence-electron chi connectivity index (χ0n) is 11.1. The number of rotatable bonds is 2. The topological polar surface area (TPSA) is 69.8 Å². The number of benzene rings is 1. The molecule has 1 aromatic rings. The maximum Gasteiger partial charge on any atom is 0.337 e. The molecule has 1 heterocycles. The van der Waals surface area contributed by atoms with E-state index in [1.165, 1.54) is 6.07 Å². The summed E-state index contributed by atoms with van der Waals surface area (Å²) in [6.45, 7) is 4.49. The molecule has 1 aliphatic heterocycles. The Bertz CT molecular complexity index is 507. The summed E-state index contributed by atoms with van der Waals surface area (Å²) in [4.78, 5) is 15.6. The summed E-state index contributed by atoms with van der Waals surface area (Å²) < 4.78 is 0. The Hall–Kier alpha value is -1.46. The van der Waals surface area contributed by atoms with Crippen LogP contribution in [0.4, 0.5) is 11.4 Å². The molecule has 3 N–H and O–H groups in total. The summed E-state index contributed by atoms with van der Waals surface area (Å²) in [6, 6.07) is 3.42. The molecule has 19 heavy (non-hydrogen) atoms. The van der Waals surface area contributed by atoms with Gasteiger partial charge in [0.05, 0.1) is 16.3 Å². The van der Waals surface area contributed by atoms with Crippen molar-refractivity contribution >= 4 is 28.9 Å². The smallest absolute Gasteiger partial charge is 0.337 e. The van der Waals surface area contributed by atoms with E-state index in [1.807, 2.05) is 4.90 Å². The normalized spacial score (nSPS) is 20.6. The lowest BCUT2D eigenvalue weighted by molar-refractivity contribution is 0.0697. The second-order valence-electron chi connectivity index (χ2n) is 4.98. The van der Waals surface area contributed by atoms with Gasteiger partial charge in [-0.05, 0) is 26.1 Å². The van der Waals surface area contributed by atoms with Crippen molar-refractivity contribution in [3.63, 3.8) is 0 Å². The van der Waals surface area contributed by atoms with Crippen molar-refractivity contribution in [1.82, 2.24) is 4.90 Å². The first kappa shape index (κ1) is 14.0. The van der Waals surface area contributed by atoms with Crippen LogP contribution in [0.3, 0.4) is 0 Å². The average Bonchev–Trinajstić information content (AvgIpc) is 2.32. The highest BCUT2D eigenvalue weighted by molar-refractivity contribution is 6.34. The molecule has 0 radical (unpaired) electrons. The Labute approximate surface area is 117 Å². The molecule has 2 rings (SSSR count). The quantitative estimate of drug-likeness (QED) is 0.810. The summed E-state index contributed by atoms with van der Waals surface area (Å²) in [5.74, 6) is -1.00. The van der Waals surface area contributed by atoms with Crippen molar-refractivity contribution in [2.75, 3.05) is 37.3 Å². The molecule has 1 fully saturated rings. The van der Waals surface area contributed by atoms with Gasteiger partial charge in [0.25, 0.3) is 0 Å². The van der Waals surface area contributed by atoms with E-state index in [-0.39, 0.29) is 5.56 Å². The number of piperazine rings is 1. The van der Waals surface area contributed by atoms with Crippen LogP contribution in [0.15, 0.2) is 12.1 Å². The van der Waals surface area contributed by atoms with Gasteiger partial charge < -0.3 is 20.6 Å². The van der Waals surface area contributed by atoms with Gasteiger partial charge in [-0.15, -0.1) is 0 Å². The third-order valence-corrected chi connectivity index (χ3v) is 3.88. The summed E-state index contributed by atoms with van der Waals surface area (Å²) >= 11 is 6.20. The van der Waals surface area contributed by atoms with Crippen LogP contribution in [0.5, 0.6) is 0 Å². The van der Waals surface area contributed by atoms with Crippen LogP contribution < -0.4 is 10.6 Å². The molecule has 0 spiro atoms. The van der Waals surface area contributed by atoms with E-state index in [2.05, 4.69) is 18.9 Å². The maximum atomic E-state index is 11.4. The molecule has 1 unspecified atom stereocenters. The molecular weight excluding hydrogens is 266 g/mol. The van der Waals surface area contributed by atoms with Crippen LogP contribution in [0, 0.1) is 0 Å². The predicted molar refractivity (Wildman–Crippen MR) is 77.1 cm³/mol. The Morgan fingerprint density at radius 2 is 2.16 bits per heavy atom. The zero-order valence-corrected chi connectivity index (χ0v) is 11.8. The van der Waals surface area contributed by atoms with Gasteiger partial charge in [-0.25, -0.2) is 4.79 Å². The summed E-state index contributed by atoms with van der Waals surface area (Å²) in [7, 11) is 2.06. The monoisotopic (exact) mass is 283 g/mol. The highest BCUT2D eigenvalue weighted by Crippen LogP contribution is 2.33. The second-order valence-corrected chi connectivity index (χ2v) is 5.39. The Kier molecular flexibility index (Phi) is 3.87. The molecule has 0 saturated carbocycles. The molecule has 0 aliphatic carbocycles. The number of carboxylic acids is 1. The van der Waals surface area contributed by atoms with E-state index in [1.54, 1.807) is 6.07 Å². The fourth-order valence-corrected chi connectivity index (χ4v) is 2.70. The number of carboxylic acid groups (broad SMARTS) is 1. The van der Waals surface area contributed by atoms with Gasteiger partial charge in [0, 0.05) is 31.4 Å². The number of nitrogen functional groups attached to an aromatic ring is 1. The number of anilines is 2. The van der Waals surface area contributed by atoms with Crippen molar-refractivity contribution in [3.8, 4) is 0 Å². The van der Waals surface area contributed by atoms with Gasteiger partial charge >= 0.3 is 5.97 Å². The first-order valence-corrected chi connectivity index (χ1v) is 6.55. The van der Waals surface area contributed by atoms with Crippen molar-refractivity contribution in [3.05, 3.63) is 22.7 Å². The molecule has 0 bridgehead atoms. The van der Waals surface area contributed by atoms with Crippen LogP contribution in [-0.4, -0.2) is 48.7 Å². The molecule has 0 amide bonds. The predicted octanol–water partition coefficient (Wildman–Crippen LogP) is 1.76. The van der Waals surface area contributed by atoms with Crippen LogP contribution in [-0.2, 0) is 0 Å². The first-order chi connectivity index (χ1) is 8.90. The minimum atomic E-state index is -1.00. The van der Waals surface area contributed by atoms with Gasteiger partial charge in [0.2, 0.25) is 0 Å². The SMILES string of the molecule is CC1CN(c2c(Cl)cc(N)cc2C(=O)O)CCN1C. The fourth-order valence-electron chi connectivity index (χ4n) is 2.36. The first-order valence-electron chi connectivity index (χ1n) is 6.17. The number of nitrogens with zero attached hydrogens (tertiary/aromatic N) is 2. The number of nitrogens with two attached hydrogens (primary N) is 1. The van der Waals surface area contributed by atoms with E-state index < -0.39 is 5.97 Å². The lowest BCUT2D eigenvalue weighted by Gasteiger charge is -2.39. The van der Waals surface area contributed by atoms with Crippen LogP contribution in [0.25, 0.3) is 0 Å². The Morgan fingerprint density at radius 3 is 2.74 bits per heavy atom. The zero-order chi connectivity index (χ0) is 14.2. The third kappa shape index (κ3) is 2.77. The number of carbonyl (C=O) groups is 1. The standard InChI is InChI=1S/C13H18ClN3O2/c1-8-7-17(4-3-16(8)2)12-10(13(18)19)5-9(15)6-11(12)14/h5-6,8H,3-4,7,15H2,1-2H3,(H,18,19). The lowest BCUT2D eigenvalue weighted by atomic mass is 10.1. The van der Waals surface area contributed by atoms with E-state index in [9.17, 15) is 9.90 Å². The minimum absolute atomic E-state index is 0.168. The van der Waals surface area contributed by atoms with Crippen LogP contribution in [0.1, 0.15) is 17.3 Å². The summed E-state index contributed by atoms with van der Waals surface area (Å²) in [5.41, 5.74) is 6.78. The number of likely N-dealkylation sites (N-methyl/N-ethyl adjacent to an activating group) is 1. The van der Waals surface area contributed by atoms with Crippen molar-refractivity contribution < 1.29 is 9.90 Å². The minimum Gasteiger partial charge on any atom is -0.478 e. The highest BCUT2D eigenvalue weighted by Gasteiger charge is 2.26. The largest absolute Gasteiger partial charge is 0.478 e. The second kappa shape index (κ2) is 5.27. The van der Waals surface area contributed by atoms with E-state index >= 15 is 0 Å². The number of hydrogen-bond acceptors (Lipinski definition) is 4.